The third-order valence-corrected chi connectivity index (χ3v) is 12.9. The summed E-state index contributed by atoms with van der Waals surface area (Å²) in [6.45, 7) is 6.82. The molecule has 0 heterocycles. The molecule has 10 heteroatoms. The topological polar surface area (TPSA) is 111 Å². The molecule has 0 saturated carbocycles. The molecule has 8 nitrogen and oxygen atoms in total. The summed E-state index contributed by atoms with van der Waals surface area (Å²) in [7, 11) is 0. The average molecular weight is 833 g/mol. The number of rotatable bonds is 24. The van der Waals surface area contributed by atoms with Crippen molar-refractivity contribution in [1.82, 2.24) is 0 Å². The predicted molar refractivity (Wildman–Crippen MR) is 242 cm³/mol. The van der Waals surface area contributed by atoms with Gasteiger partial charge in [-0.3, -0.25) is 9.59 Å². The van der Waals surface area contributed by atoms with Crippen molar-refractivity contribution in [1.29, 1.82) is 0 Å². The Morgan fingerprint density at radius 3 is 1.32 bits per heavy atom. The first-order valence-corrected chi connectivity index (χ1v) is 23.1. The first-order valence-electron chi connectivity index (χ1n) is 20.8. The minimum Gasteiger partial charge on any atom is -0.318 e. The van der Waals surface area contributed by atoms with Crippen molar-refractivity contribution in [2.45, 2.75) is 109 Å². The van der Waals surface area contributed by atoms with Crippen LogP contribution in [0.15, 0.2) is 107 Å². The summed E-state index contributed by atoms with van der Waals surface area (Å²) in [6.07, 6.45) is 8.36. The standard InChI is InChI=1S/C49H56N2O6S2/c1-5-7-9-17-23-45(50-56-35(3)52)47(54)39-25-27-41-42-28-26-40(48(55)46(51-57-36(4)53)24-18-10-8-6-2)30-44(42)49(43(41)29-39,33-58-31-37-19-13-11-14-20-37)34-59-32-38-21-15-12-16-22-38/h11-16,19-22,25-30H,5-10,17-18,23-24,31-34H2,1-4H3/b50-45+,51-46+. The summed E-state index contributed by atoms with van der Waals surface area (Å²) in [4.78, 5) is 62.4. The van der Waals surface area contributed by atoms with Gasteiger partial charge in [-0.2, -0.15) is 23.5 Å². The fourth-order valence-electron chi connectivity index (χ4n) is 7.38. The fourth-order valence-corrected chi connectivity index (χ4v) is 10.1. The maximum absolute atomic E-state index is 14.3. The van der Waals surface area contributed by atoms with Gasteiger partial charge in [-0.15, -0.1) is 0 Å². The van der Waals surface area contributed by atoms with E-state index in [9.17, 15) is 19.2 Å². The Morgan fingerprint density at radius 1 is 0.542 bits per heavy atom. The molecule has 0 spiro atoms. The molecule has 310 valence electrons. The Bertz CT molecular complexity index is 1960. The summed E-state index contributed by atoms with van der Waals surface area (Å²) >= 11 is 3.65. The number of unbranched alkanes of at least 4 members (excludes halogenated alkanes) is 6. The van der Waals surface area contributed by atoms with Crippen molar-refractivity contribution in [3.8, 4) is 11.1 Å². The van der Waals surface area contributed by atoms with E-state index in [1.807, 2.05) is 96.3 Å². The molecule has 0 fully saturated rings. The number of hydrogen-bond donors (Lipinski definition) is 0. The number of ketones is 2. The lowest BCUT2D eigenvalue weighted by molar-refractivity contribution is -0.141. The third kappa shape index (κ3) is 12.6. The molecule has 0 saturated heterocycles. The van der Waals surface area contributed by atoms with Gasteiger partial charge < -0.3 is 9.68 Å². The van der Waals surface area contributed by atoms with E-state index in [-0.39, 0.29) is 23.0 Å². The number of carbonyl (C=O) groups excluding carboxylic acids is 4. The van der Waals surface area contributed by atoms with Gasteiger partial charge in [0.1, 0.15) is 11.4 Å². The number of hydrogen-bond acceptors (Lipinski definition) is 10. The van der Waals surface area contributed by atoms with Gasteiger partial charge in [0.2, 0.25) is 11.6 Å². The molecule has 0 unspecified atom stereocenters. The van der Waals surface area contributed by atoms with Crippen LogP contribution in [0.5, 0.6) is 0 Å². The number of Topliss-reactive ketones (excluding diaryl/α,β-unsaturated/α-hetero) is 2. The predicted octanol–water partition coefficient (Wildman–Crippen LogP) is 12.0. The van der Waals surface area contributed by atoms with Crippen molar-refractivity contribution < 1.29 is 28.9 Å². The zero-order valence-corrected chi connectivity index (χ0v) is 36.4. The molecular formula is C49H56N2O6S2. The average Bonchev–Trinajstić information content (AvgIpc) is 3.51. The molecule has 0 amide bonds. The second kappa shape index (κ2) is 23.1. The zero-order chi connectivity index (χ0) is 42.0. The highest BCUT2D eigenvalue weighted by molar-refractivity contribution is 7.99. The van der Waals surface area contributed by atoms with Crippen LogP contribution >= 0.6 is 23.5 Å². The maximum Gasteiger partial charge on any atom is 0.331 e. The molecule has 0 aliphatic heterocycles. The van der Waals surface area contributed by atoms with Crippen LogP contribution < -0.4 is 0 Å². The van der Waals surface area contributed by atoms with Crippen LogP contribution in [0.4, 0.5) is 0 Å². The zero-order valence-electron chi connectivity index (χ0n) is 34.8. The molecule has 4 aromatic carbocycles. The maximum atomic E-state index is 14.3. The minimum absolute atomic E-state index is 0.223. The van der Waals surface area contributed by atoms with Crippen LogP contribution in [0.25, 0.3) is 11.1 Å². The molecular weight excluding hydrogens is 777 g/mol. The number of carbonyl (C=O) groups is 4. The highest BCUT2D eigenvalue weighted by atomic mass is 32.2. The fraction of sp³-hybridized carbons (Fsp3) is 0.388. The molecule has 0 N–H and O–H groups in total. The number of thioether (sulfide) groups is 2. The van der Waals surface area contributed by atoms with Crippen molar-refractivity contribution in [2.24, 2.45) is 10.3 Å². The Balaban J connectivity index is 1.62. The van der Waals surface area contributed by atoms with E-state index in [4.69, 9.17) is 9.68 Å². The van der Waals surface area contributed by atoms with Gasteiger partial charge in [-0.05, 0) is 71.2 Å². The number of nitrogens with zero attached hydrogens (tertiary/aromatic N) is 2. The molecule has 1 aliphatic carbocycles. The van der Waals surface area contributed by atoms with Crippen LogP contribution in [0.2, 0.25) is 0 Å². The van der Waals surface area contributed by atoms with Crippen LogP contribution in [0, 0.1) is 0 Å². The van der Waals surface area contributed by atoms with Crippen molar-refractivity contribution in [3.63, 3.8) is 0 Å². The minimum atomic E-state index is -0.612. The molecule has 1 aliphatic rings. The first-order chi connectivity index (χ1) is 28.7. The van der Waals surface area contributed by atoms with Gasteiger partial charge >= 0.3 is 11.9 Å². The number of fused-ring (bicyclic) bond motifs is 3. The highest BCUT2D eigenvalue weighted by Crippen LogP contribution is 2.53. The summed E-state index contributed by atoms with van der Waals surface area (Å²) < 4.78 is 0. The van der Waals surface area contributed by atoms with Crippen LogP contribution in [-0.2, 0) is 36.2 Å². The third-order valence-electron chi connectivity index (χ3n) is 10.4. The quantitative estimate of drug-likeness (QED) is 0.0226. The van der Waals surface area contributed by atoms with E-state index >= 15 is 0 Å². The van der Waals surface area contributed by atoms with Gasteiger partial charge in [0.05, 0.1) is 0 Å². The summed E-state index contributed by atoms with van der Waals surface area (Å²) in [5.41, 5.74) is 7.23. The second-order valence-corrected chi connectivity index (χ2v) is 17.1. The summed E-state index contributed by atoms with van der Waals surface area (Å²) in [6, 6.07) is 32.4. The van der Waals surface area contributed by atoms with Gasteiger partial charge in [-0.25, -0.2) is 9.59 Å². The summed E-state index contributed by atoms with van der Waals surface area (Å²) in [5, 5.41) is 8.13. The highest BCUT2D eigenvalue weighted by Gasteiger charge is 2.44. The number of benzene rings is 4. The molecule has 0 radical (unpaired) electrons. The van der Waals surface area contributed by atoms with Crippen LogP contribution in [-0.4, -0.2) is 46.4 Å². The summed E-state index contributed by atoms with van der Waals surface area (Å²) in [5.74, 6) is 1.22. The van der Waals surface area contributed by atoms with E-state index < -0.39 is 17.4 Å². The van der Waals surface area contributed by atoms with Gasteiger partial charge in [-0.1, -0.05) is 148 Å². The van der Waals surface area contributed by atoms with Crippen LogP contribution in [0.3, 0.4) is 0 Å². The lowest BCUT2D eigenvalue weighted by Gasteiger charge is -2.32. The Hall–Kier alpha value is -4.80. The number of oxime groups is 2. The van der Waals surface area contributed by atoms with E-state index in [2.05, 4.69) is 48.4 Å². The normalized spacial score (nSPS) is 13.1. The SMILES string of the molecule is CCCCCC/C(=N\OC(C)=O)C(=O)c1ccc2c(c1)C(CSCc1ccccc1)(CSCc1ccccc1)c1cc(C(=O)/C(CCCCCC)=N/OC(C)=O)ccc1-2. The Labute approximate surface area is 358 Å². The Kier molecular flexibility index (Phi) is 17.7. The van der Waals surface area contributed by atoms with Gasteiger partial charge in [0.15, 0.2) is 0 Å². The smallest absolute Gasteiger partial charge is 0.318 e. The first kappa shape index (κ1) is 45.3. The van der Waals surface area contributed by atoms with Crippen molar-refractivity contribution in [2.75, 3.05) is 11.5 Å². The van der Waals surface area contributed by atoms with Gasteiger partial charge in [0.25, 0.3) is 0 Å². The van der Waals surface area contributed by atoms with Crippen molar-refractivity contribution >= 4 is 58.5 Å². The largest absolute Gasteiger partial charge is 0.331 e. The lowest BCUT2D eigenvalue weighted by atomic mass is 9.80. The Morgan fingerprint density at radius 2 is 0.949 bits per heavy atom. The van der Waals surface area contributed by atoms with Crippen molar-refractivity contribution in [3.05, 3.63) is 130 Å². The van der Waals surface area contributed by atoms with Gasteiger partial charge in [0, 0.05) is 53.4 Å². The van der Waals surface area contributed by atoms with Crippen LogP contribution in [0.1, 0.15) is 135 Å². The monoisotopic (exact) mass is 832 g/mol. The lowest BCUT2D eigenvalue weighted by Crippen LogP contribution is -2.32. The molecule has 59 heavy (non-hydrogen) atoms. The van der Waals surface area contributed by atoms with E-state index in [1.165, 1.54) is 25.0 Å². The molecule has 0 atom stereocenters. The molecule has 4 aromatic rings. The van der Waals surface area contributed by atoms with E-state index in [0.717, 1.165) is 85.1 Å². The molecule has 5 rings (SSSR count). The molecule has 0 bridgehead atoms. The second-order valence-electron chi connectivity index (χ2n) is 15.1. The van der Waals surface area contributed by atoms with E-state index in [0.29, 0.717) is 35.5 Å². The molecule has 0 aromatic heterocycles. The van der Waals surface area contributed by atoms with E-state index in [1.54, 1.807) is 0 Å².